The molecular formula is C8H16O4. The van der Waals surface area contributed by atoms with E-state index in [4.69, 9.17) is 19.3 Å². The molecule has 0 amide bonds. The lowest BCUT2D eigenvalue weighted by atomic mass is 10.2. The summed E-state index contributed by atoms with van der Waals surface area (Å²) in [4.78, 5) is 0. The second-order valence-electron chi connectivity index (χ2n) is 2.89. The summed E-state index contributed by atoms with van der Waals surface area (Å²) in [6, 6.07) is 0. The maximum atomic E-state index is 8.46. The van der Waals surface area contributed by atoms with Gasteiger partial charge < -0.3 is 19.3 Å². The van der Waals surface area contributed by atoms with Crippen LogP contribution in [0.3, 0.4) is 0 Å². The molecular weight excluding hydrogens is 160 g/mol. The molecule has 0 saturated carbocycles. The first-order valence-electron chi connectivity index (χ1n) is 4.26. The standard InChI is InChI=1S/C8H16O4/c1-7(6-10-3-2-9)8-11-4-5-12-8/h7-9H,2-6H2,1H3. The smallest absolute Gasteiger partial charge is 0.162 e. The molecule has 1 unspecified atom stereocenters. The topological polar surface area (TPSA) is 47.9 Å². The molecule has 0 aromatic rings. The van der Waals surface area contributed by atoms with E-state index >= 15 is 0 Å². The lowest BCUT2D eigenvalue weighted by molar-refractivity contribution is -0.0993. The molecule has 0 spiro atoms. The molecule has 0 aromatic carbocycles. The van der Waals surface area contributed by atoms with Crippen LogP contribution in [0.2, 0.25) is 0 Å². The molecule has 1 heterocycles. The summed E-state index contributed by atoms with van der Waals surface area (Å²) >= 11 is 0. The maximum absolute atomic E-state index is 8.46. The molecule has 72 valence electrons. The summed E-state index contributed by atoms with van der Waals surface area (Å²) in [5.41, 5.74) is 0. The zero-order chi connectivity index (χ0) is 8.81. The normalized spacial score (nSPS) is 21.5. The zero-order valence-corrected chi connectivity index (χ0v) is 7.36. The second kappa shape index (κ2) is 5.48. The first-order valence-corrected chi connectivity index (χ1v) is 4.26. The third-order valence-corrected chi connectivity index (χ3v) is 1.73. The molecule has 1 aliphatic heterocycles. The highest BCUT2D eigenvalue weighted by atomic mass is 16.7. The number of hydrogen-bond acceptors (Lipinski definition) is 4. The predicted octanol–water partition coefficient (Wildman–Crippen LogP) is 0.00430. The number of ether oxygens (including phenoxy) is 3. The Labute approximate surface area is 72.4 Å². The van der Waals surface area contributed by atoms with Gasteiger partial charge in [-0.05, 0) is 0 Å². The van der Waals surface area contributed by atoms with Gasteiger partial charge in [0.2, 0.25) is 0 Å². The van der Waals surface area contributed by atoms with Gasteiger partial charge in [0.15, 0.2) is 6.29 Å². The summed E-state index contributed by atoms with van der Waals surface area (Å²) < 4.78 is 15.7. The molecule has 1 atom stereocenters. The van der Waals surface area contributed by atoms with E-state index in [9.17, 15) is 0 Å². The van der Waals surface area contributed by atoms with Gasteiger partial charge in [0.05, 0.1) is 33.0 Å². The summed E-state index contributed by atoms with van der Waals surface area (Å²) in [7, 11) is 0. The molecule has 12 heavy (non-hydrogen) atoms. The highest BCUT2D eigenvalue weighted by molar-refractivity contribution is 4.60. The Morgan fingerprint density at radius 2 is 2.17 bits per heavy atom. The van der Waals surface area contributed by atoms with Crippen LogP contribution in [-0.4, -0.2) is 44.4 Å². The van der Waals surface area contributed by atoms with Gasteiger partial charge in [-0.1, -0.05) is 6.92 Å². The van der Waals surface area contributed by atoms with Gasteiger partial charge in [-0.15, -0.1) is 0 Å². The molecule has 1 rings (SSSR count). The average Bonchev–Trinajstić information content (AvgIpc) is 2.56. The first-order chi connectivity index (χ1) is 5.84. The van der Waals surface area contributed by atoms with E-state index in [0.717, 1.165) is 0 Å². The molecule has 0 radical (unpaired) electrons. The molecule has 1 fully saturated rings. The van der Waals surface area contributed by atoms with Crippen LogP contribution in [0, 0.1) is 5.92 Å². The molecule has 1 N–H and O–H groups in total. The van der Waals surface area contributed by atoms with Crippen molar-refractivity contribution in [2.75, 3.05) is 33.0 Å². The summed E-state index contributed by atoms with van der Waals surface area (Å²) in [5.74, 6) is 0.235. The fraction of sp³-hybridized carbons (Fsp3) is 1.00. The van der Waals surface area contributed by atoms with E-state index in [1.54, 1.807) is 0 Å². The van der Waals surface area contributed by atoms with Crippen LogP contribution in [-0.2, 0) is 14.2 Å². The first kappa shape index (κ1) is 9.92. The van der Waals surface area contributed by atoms with Crippen LogP contribution in [0.25, 0.3) is 0 Å². The van der Waals surface area contributed by atoms with Crippen molar-refractivity contribution in [2.45, 2.75) is 13.2 Å². The highest BCUT2D eigenvalue weighted by Crippen LogP contribution is 2.14. The van der Waals surface area contributed by atoms with E-state index in [1.807, 2.05) is 6.92 Å². The Morgan fingerprint density at radius 3 is 2.75 bits per heavy atom. The van der Waals surface area contributed by atoms with Crippen LogP contribution >= 0.6 is 0 Å². The fourth-order valence-corrected chi connectivity index (χ4v) is 1.12. The zero-order valence-electron chi connectivity index (χ0n) is 7.36. The van der Waals surface area contributed by atoms with Crippen LogP contribution in [0.4, 0.5) is 0 Å². The Hall–Kier alpha value is -0.160. The van der Waals surface area contributed by atoms with Gasteiger partial charge in [-0.2, -0.15) is 0 Å². The van der Waals surface area contributed by atoms with E-state index in [-0.39, 0.29) is 18.8 Å². The number of aliphatic hydroxyl groups is 1. The summed E-state index contributed by atoms with van der Waals surface area (Å²) in [6.07, 6.45) is -0.122. The minimum atomic E-state index is -0.122. The van der Waals surface area contributed by atoms with E-state index in [2.05, 4.69) is 0 Å². The summed E-state index contributed by atoms with van der Waals surface area (Å²) in [6.45, 7) is 4.39. The molecule has 4 nitrogen and oxygen atoms in total. The van der Waals surface area contributed by atoms with Crippen molar-refractivity contribution >= 4 is 0 Å². The van der Waals surface area contributed by atoms with Gasteiger partial charge in [-0.3, -0.25) is 0 Å². The van der Waals surface area contributed by atoms with Gasteiger partial charge in [0.25, 0.3) is 0 Å². The van der Waals surface area contributed by atoms with Crippen LogP contribution in [0.1, 0.15) is 6.92 Å². The van der Waals surface area contributed by atoms with Crippen molar-refractivity contribution in [3.05, 3.63) is 0 Å². The molecule has 1 saturated heterocycles. The van der Waals surface area contributed by atoms with Gasteiger partial charge in [0.1, 0.15) is 0 Å². The minimum absolute atomic E-state index is 0.0686. The van der Waals surface area contributed by atoms with Gasteiger partial charge in [0, 0.05) is 5.92 Å². The lowest BCUT2D eigenvalue weighted by Gasteiger charge is -2.17. The molecule has 0 bridgehead atoms. The Balaban J connectivity index is 2.05. The number of hydrogen-bond donors (Lipinski definition) is 1. The summed E-state index contributed by atoms with van der Waals surface area (Å²) in [5, 5.41) is 8.46. The largest absolute Gasteiger partial charge is 0.394 e. The molecule has 4 heteroatoms. The second-order valence-corrected chi connectivity index (χ2v) is 2.89. The van der Waals surface area contributed by atoms with E-state index in [1.165, 1.54) is 0 Å². The third-order valence-electron chi connectivity index (χ3n) is 1.73. The van der Waals surface area contributed by atoms with Crippen molar-refractivity contribution in [3.8, 4) is 0 Å². The van der Waals surface area contributed by atoms with Crippen molar-refractivity contribution in [2.24, 2.45) is 5.92 Å². The van der Waals surface area contributed by atoms with E-state index < -0.39 is 0 Å². The number of rotatable bonds is 5. The van der Waals surface area contributed by atoms with Gasteiger partial charge >= 0.3 is 0 Å². The average molecular weight is 176 g/mol. The van der Waals surface area contributed by atoms with Crippen molar-refractivity contribution in [1.29, 1.82) is 0 Å². The van der Waals surface area contributed by atoms with Gasteiger partial charge in [-0.25, -0.2) is 0 Å². The van der Waals surface area contributed by atoms with Crippen LogP contribution in [0.5, 0.6) is 0 Å². The molecule has 0 aliphatic carbocycles. The minimum Gasteiger partial charge on any atom is -0.394 e. The lowest BCUT2D eigenvalue weighted by Crippen LogP contribution is -2.23. The number of aliphatic hydroxyl groups excluding tert-OH is 1. The van der Waals surface area contributed by atoms with E-state index in [0.29, 0.717) is 26.4 Å². The monoisotopic (exact) mass is 176 g/mol. The third kappa shape index (κ3) is 3.06. The Bertz CT molecular complexity index is 112. The Kier molecular flexibility index (Phi) is 4.53. The quantitative estimate of drug-likeness (QED) is 0.599. The maximum Gasteiger partial charge on any atom is 0.162 e. The Morgan fingerprint density at radius 1 is 1.50 bits per heavy atom. The highest BCUT2D eigenvalue weighted by Gasteiger charge is 2.22. The molecule has 0 aromatic heterocycles. The SMILES string of the molecule is CC(COCCO)C1OCCO1. The van der Waals surface area contributed by atoms with Crippen LogP contribution < -0.4 is 0 Å². The van der Waals surface area contributed by atoms with Crippen molar-refractivity contribution < 1.29 is 19.3 Å². The predicted molar refractivity (Wildman–Crippen MR) is 42.8 cm³/mol. The van der Waals surface area contributed by atoms with Crippen molar-refractivity contribution in [3.63, 3.8) is 0 Å². The fourth-order valence-electron chi connectivity index (χ4n) is 1.12. The van der Waals surface area contributed by atoms with Crippen molar-refractivity contribution in [1.82, 2.24) is 0 Å². The van der Waals surface area contributed by atoms with Crippen LogP contribution in [0.15, 0.2) is 0 Å². The molecule has 1 aliphatic rings.